The first-order valence-electron chi connectivity index (χ1n) is 10.4. The van der Waals surface area contributed by atoms with Crippen LogP contribution in [0.3, 0.4) is 0 Å². The van der Waals surface area contributed by atoms with E-state index in [9.17, 15) is 10.1 Å². The molecule has 8 nitrogen and oxygen atoms in total. The molecule has 0 atom stereocenters. The minimum atomic E-state index is -0.587. The van der Waals surface area contributed by atoms with Crippen LogP contribution in [0.1, 0.15) is 16.3 Å². The quantitative estimate of drug-likeness (QED) is 0.253. The number of nitrogens with zero attached hydrogens (tertiary/aromatic N) is 4. The number of rotatable bonds is 8. The number of hydrogen-bond donors (Lipinski definition) is 1. The number of nitrogens with one attached hydrogen (secondary N) is 1. The molecule has 1 amide bonds. The summed E-state index contributed by atoms with van der Waals surface area (Å²) in [5, 5.41) is 21.6. The highest BCUT2D eigenvalue weighted by Crippen LogP contribution is 2.28. The van der Waals surface area contributed by atoms with Gasteiger partial charge in [0.25, 0.3) is 5.91 Å². The SMILES string of the molecule is COc1ccc(-n2cccc2C=C(C#N)C(=O)Nc2nnc(COc3ccccc3C)s2)cc1Cl. The number of ether oxygens (including phenoxy) is 2. The molecule has 35 heavy (non-hydrogen) atoms. The Hall–Kier alpha value is -4.13. The van der Waals surface area contributed by atoms with Crippen LogP contribution in [0.4, 0.5) is 5.13 Å². The molecule has 2 heterocycles. The number of carbonyl (C=O) groups excluding carboxylic acids is 1. The number of hydrogen-bond acceptors (Lipinski definition) is 7. The molecule has 0 radical (unpaired) electrons. The van der Waals surface area contributed by atoms with E-state index >= 15 is 0 Å². The van der Waals surface area contributed by atoms with Gasteiger partial charge in [0.1, 0.15) is 29.7 Å². The van der Waals surface area contributed by atoms with E-state index in [-0.39, 0.29) is 17.3 Å². The number of aryl methyl sites for hydroxylation is 1. The van der Waals surface area contributed by atoms with Crippen molar-refractivity contribution in [1.82, 2.24) is 14.8 Å². The molecular formula is C25H20ClN5O3S. The van der Waals surface area contributed by atoms with Gasteiger partial charge < -0.3 is 14.0 Å². The van der Waals surface area contributed by atoms with Gasteiger partial charge in [0.2, 0.25) is 5.13 Å². The Morgan fingerprint density at radius 2 is 2.03 bits per heavy atom. The summed E-state index contributed by atoms with van der Waals surface area (Å²) in [4.78, 5) is 12.7. The lowest BCUT2D eigenvalue weighted by atomic mass is 10.2. The van der Waals surface area contributed by atoms with Gasteiger partial charge in [-0.05, 0) is 55.0 Å². The first-order valence-corrected chi connectivity index (χ1v) is 11.6. The normalized spacial score (nSPS) is 11.1. The molecule has 4 aromatic rings. The number of carbonyl (C=O) groups is 1. The fourth-order valence-corrected chi connectivity index (χ4v) is 4.13. The van der Waals surface area contributed by atoms with Crippen LogP contribution in [0, 0.1) is 18.3 Å². The van der Waals surface area contributed by atoms with Crippen molar-refractivity contribution in [3.05, 3.63) is 87.7 Å². The van der Waals surface area contributed by atoms with Crippen LogP contribution < -0.4 is 14.8 Å². The third kappa shape index (κ3) is 5.69. The van der Waals surface area contributed by atoms with Gasteiger partial charge in [-0.3, -0.25) is 10.1 Å². The van der Waals surface area contributed by atoms with E-state index in [2.05, 4.69) is 15.5 Å². The highest BCUT2D eigenvalue weighted by Gasteiger charge is 2.15. The number of halogens is 1. The maximum atomic E-state index is 12.7. The molecule has 0 aliphatic rings. The summed E-state index contributed by atoms with van der Waals surface area (Å²) in [5.41, 5.74) is 2.31. The number of para-hydroxylation sites is 1. The summed E-state index contributed by atoms with van der Waals surface area (Å²) in [7, 11) is 1.54. The summed E-state index contributed by atoms with van der Waals surface area (Å²) in [6.45, 7) is 2.17. The molecule has 0 aliphatic carbocycles. The van der Waals surface area contributed by atoms with E-state index < -0.39 is 5.91 Å². The Morgan fingerprint density at radius 3 is 2.77 bits per heavy atom. The number of aromatic nitrogens is 3. The number of methoxy groups -OCH3 is 1. The molecule has 0 unspecified atom stereocenters. The second kappa shape index (κ2) is 10.9. The van der Waals surface area contributed by atoms with Gasteiger partial charge in [-0.15, -0.1) is 10.2 Å². The number of benzene rings is 2. The zero-order valence-corrected chi connectivity index (χ0v) is 20.4. The Bertz CT molecular complexity index is 1440. The fraction of sp³-hybridized carbons (Fsp3) is 0.120. The maximum absolute atomic E-state index is 12.7. The van der Waals surface area contributed by atoms with E-state index in [4.69, 9.17) is 21.1 Å². The minimum Gasteiger partial charge on any atom is -0.495 e. The van der Waals surface area contributed by atoms with E-state index in [1.165, 1.54) is 17.4 Å². The molecule has 0 bridgehead atoms. The van der Waals surface area contributed by atoms with E-state index in [1.807, 2.05) is 60.2 Å². The average Bonchev–Trinajstić information content (AvgIpc) is 3.51. The lowest BCUT2D eigenvalue weighted by Crippen LogP contribution is -2.13. The highest BCUT2D eigenvalue weighted by atomic mass is 35.5. The summed E-state index contributed by atoms with van der Waals surface area (Å²) in [6.07, 6.45) is 3.30. The van der Waals surface area contributed by atoms with Gasteiger partial charge in [0.15, 0.2) is 5.01 Å². The van der Waals surface area contributed by atoms with Gasteiger partial charge in [-0.25, -0.2) is 0 Å². The fourth-order valence-electron chi connectivity index (χ4n) is 3.23. The largest absolute Gasteiger partial charge is 0.495 e. The number of anilines is 1. The molecule has 0 saturated carbocycles. The van der Waals surface area contributed by atoms with Crippen LogP contribution in [-0.4, -0.2) is 27.8 Å². The molecule has 0 aliphatic heterocycles. The third-order valence-corrected chi connectivity index (χ3v) is 6.09. The standard InChI is InChI=1S/C25H20ClN5O3S/c1-16-6-3-4-8-21(16)34-15-23-29-30-25(35-23)28-24(32)17(14-27)12-18-7-5-11-31(18)19-9-10-22(33-2)20(26)13-19/h3-13H,15H2,1-2H3,(H,28,30,32). The molecule has 2 aromatic heterocycles. The molecule has 176 valence electrons. The van der Waals surface area contributed by atoms with Crippen LogP contribution in [0.25, 0.3) is 11.8 Å². The van der Waals surface area contributed by atoms with Gasteiger partial charge >= 0.3 is 0 Å². The van der Waals surface area contributed by atoms with Crippen molar-refractivity contribution in [2.45, 2.75) is 13.5 Å². The van der Waals surface area contributed by atoms with E-state index in [1.54, 1.807) is 25.3 Å². The zero-order chi connectivity index (χ0) is 24.8. The molecule has 10 heteroatoms. The van der Waals surface area contributed by atoms with Crippen LogP contribution >= 0.6 is 22.9 Å². The smallest absolute Gasteiger partial charge is 0.268 e. The average molecular weight is 506 g/mol. The lowest BCUT2D eigenvalue weighted by molar-refractivity contribution is -0.112. The van der Waals surface area contributed by atoms with E-state index in [0.29, 0.717) is 21.5 Å². The molecule has 0 saturated heterocycles. The molecule has 2 aromatic carbocycles. The van der Waals surface area contributed by atoms with Crippen LogP contribution in [-0.2, 0) is 11.4 Å². The Morgan fingerprint density at radius 1 is 1.20 bits per heavy atom. The molecule has 1 N–H and O–H groups in total. The van der Waals surface area contributed by atoms with Gasteiger partial charge in [-0.1, -0.05) is 41.1 Å². The van der Waals surface area contributed by atoms with Crippen molar-refractivity contribution in [1.29, 1.82) is 5.26 Å². The monoisotopic (exact) mass is 505 g/mol. The van der Waals surface area contributed by atoms with Crippen molar-refractivity contribution in [2.75, 3.05) is 12.4 Å². The number of amides is 1. The van der Waals surface area contributed by atoms with Crippen molar-refractivity contribution in [3.63, 3.8) is 0 Å². The minimum absolute atomic E-state index is 0.0857. The lowest BCUT2D eigenvalue weighted by Gasteiger charge is -2.10. The molecular weight excluding hydrogens is 486 g/mol. The van der Waals surface area contributed by atoms with Crippen molar-refractivity contribution < 1.29 is 14.3 Å². The first-order chi connectivity index (χ1) is 17.0. The summed E-state index contributed by atoms with van der Waals surface area (Å²) in [6, 6.07) is 18.5. The molecule has 0 spiro atoms. The Balaban J connectivity index is 1.46. The van der Waals surface area contributed by atoms with Crippen LogP contribution in [0.5, 0.6) is 11.5 Å². The molecule has 0 fully saturated rings. The molecule has 4 rings (SSSR count). The van der Waals surface area contributed by atoms with Crippen LogP contribution in [0.15, 0.2) is 66.4 Å². The van der Waals surface area contributed by atoms with Crippen molar-refractivity contribution in [3.8, 4) is 23.3 Å². The predicted octanol–water partition coefficient (Wildman–Crippen LogP) is 5.42. The van der Waals surface area contributed by atoms with E-state index in [0.717, 1.165) is 17.0 Å². The van der Waals surface area contributed by atoms with Gasteiger partial charge in [0, 0.05) is 17.6 Å². The third-order valence-electron chi connectivity index (χ3n) is 4.98. The second-order valence-corrected chi connectivity index (χ2v) is 8.77. The van der Waals surface area contributed by atoms with Crippen LogP contribution in [0.2, 0.25) is 5.02 Å². The zero-order valence-electron chi connectivity index (χ0n) is 18.9. The second-order valence-electron chi connectivity index (χ2n) is 7.30. The van der Waals surface area contributed by atoms with Crippen molar-refractivity contribution >= 4 is 40.1 Å². The summed E-state index contributed by atoms with van der Waals surface area (Å²) < 4.78 is 12.8. The summed E-state index contributed by atoms with van der Waals surface area (Å²) in [5.74, 6) is 0.720. The predicted molar refractivity (Wildman–Crippen MR) is 135 cm³/mol. The topological polar surface area (TPSA) is 102 Å². The van der Waals surface area contributed by atoms with Crippen molar-refractivity contribution in [2.24, 2.45) is 0 Å². The van der Waals surface area contributed by atoms with Gasteiger partial charge in [-0.2, -0.15) is 5.26 Å². The first kappa shape index (κ1) is 24.0. The summed E-state index contributed by atoms with van der Waals surface area (Å²) >= 11 is 7.43. The maximum Gasteiger partial charge on any atom is 0.268 e. The Labute approximate surface area is 211 Å². The Kier molecular flexibility index (Phi) is 7.45. The number of nitriles is 1. The van der Waals surface area contributed by atoms with Gasteiger partial charge in [0.05, 0.1) is 12.1 Å². The highest BCUT2D eigenvalue weighted by molar-refractivity contribution is 7.15.